The zero-order valence-electron chi connectivity index (χ0n) is 19.4. The van der Waals surface area contributed by atoms with Crippen molar-refractivity contribution in [2.75, 3.05) is 13.2 Å². The second-order valence-corrected chi connectivity index (χ2v) is 9.87. The molecule has 0 aliphatic carbocycles. The predicted molar refractivity (Wildman–Crippen MR) is 133 cm³/mol. The van der Waals surface area contributed by atoms with E-state index in [1.807, 2.05) is 45.0 Å². The summed E-state index contributed by atoms with van der Waals surface area (Å²) < 4.78 is 39.9. The first-order valence-electron chi connectivity index (χ1n) is 11.2. The number of pyridine rings is 1. The first-order chi connectivity index (χ1) is 16.3. The van der Waals surface area contributed by atoms with Crippen molar-refractivity contribution in [3.05, 3.63) is 94.3 Å². The van der Waals surface area contributed by atoms with Crippen LogP contribution in [0.25, 0.3) is 10.9 Å². The maximum Gasteiger partial charge on any atom is 0.211 e. The number of sulfone groups is 1. The van der Waals surface area contributed by atoms with Crippen LogP contribution in [0.3, 0.4) is 0 Å². The number of fused-ring (bicyclic) bond motifs is 1. The van der Waals surface area contributed by atoms with E-state index >= 15 is 0 Å². The smallest absolute Gasteiger partial charge is 0.211 e. The minimum absolute atomic E-state index is 0.0373. The molecule has 0 fully saturated rings. The van der Waals surface area contributed by atoms with Gasteiger partial charge in [0.1, 0.15) is 16.4 Å². The number of ether oxygens (including phenoxy) is 2. The summed E-state index contributed by atoms with van der Waals surface area (Å²) in [5.41, 5.74) is 2.22. The molecule has 0 atom stereocenters. The van der Waals surface area contributed by atoms with Crippen molar-refractivity contribution in [1.82, 2.24) is 4.57 Å². The fourth-order valence-electron chi connectivity index (χ4n) is 3.83. The molecule has 34 heavy (non-hydrogen) atoms. The highest BCUT2D eigenvalue weighted by molar-refractivity contribution is 7.91. The molecule has 176 valence electrons. The van der Waals surface area contributed by atoms with Crippen LogP contribution in [0, 0.1) is 6.92 Å². The van der Waals surface area contributed by atoms with Crippen LogP contribution in [0.1, 0.15) is 25.0 Å². The maximum atomic E-state index is 13.5. The molecule has 4 aromatic rings. The van der Waals surface area contributed by atoms with Crippen LogP contribution in [0.5, 0.6) is 11.5 Å². The topological polar surface area (TPSA) is 74.6 Å². The van der Waals surface area contributed by atoms with Gasteiger partial charge in [0, 0.05) is 12.7 Å². The third-order valence-corrected chi connectivity index (χ3v) is 7.30. The van der Waals surface area contributed by atoms with E-state index in [9.17, 15) is 13.2 Å². The lowest BCUT2D eigenvalue weighted by atomic mass is 10.1. The van der Waals surface area contributed by atoms with E-state index in [1.165, 1.54) is 18.3 Å². The highest BCUT2D eigenvalue weighted by Gasteiger charge is 2.24. The van der Waals surface area contributed by atoms with E-state index in [2.05, 4.69) is 0 Å². The van der Waals surface area contributed by atoms with Gasteiger partial charge in [-0.05, 0) is 68.8 Å². The summed E-state index contributed by atoms with van der Waals surface area (Å²) in [4.78, 5) is 13.2. The van der Waals surface area contributed by atoms with Crippen LogP contribution in [0.2, 0.25) is 0 Å². The maximum absolute atomic E-state index is 13.5. The molecule has 1 aromatic heterocycles. The Labute approximate surface area is 199 Å². The van der Waals surface area contributed by atoms with Crippen molar-refractivity contribution in [3.63, 3.8) is 0 Å². The minimum Gasteiger partial charge on any atom is -0.494 e. The van der Waals surface area contributed by atoms with Crippen molar-refractivity contribution in [1.29, 1.82) is 0 Å². The molecule has 0 bridgehead atoms. The Balaban J connectivity index is 1.90. The summed E-state index contributed by atoms with van der Waals surface area (Å²) in [6.07, 6.45) is 1.44. The molecule has 7 heteroatoms. The molecule has 1 heterocycles. The number of hydrogen-bond acceptors (Lipinski definition) is 5. The van der Waals surface area contributed by atoms with Crippen molar-refractivity contribution < 1.29 is 17.9 Å². The number of aromatic nitrogens is 1. The van der Waals surface area contributed by atoms with Gasteiger partial charge in [0.05, 0.1) is 29.0 Å². The zero-order valence-corrected chi connectivity index (χ0v) is 20.3. The van der Waals surface area contributed by atoms with E-state index in [4.69, 9.17) is 9.47 Å². The van der Waals surface area contributed by atoms with Crippen molar-refractivity contribution in [3.8, 4) is 11.5 Å². The van der Waals surface area contributed by atoms with Gasteiger partial charge in [0.25, 0.3) is 0 Å². The van der Waals surface area contributed by atoms with Crippen LogP contribution in [-0.4, -0.2) is 26.2 Å². The van der Waals surface area contributed by atoms with E-state index in [-0.39, 0.29) is 9.79 Å². The van der Waals surface area contributed by atoms with Crippen LogP contribution in [-0.2, 0) is 16.4 Å². The summed E-state index contributed by atoms with van der Waals surface area (Å²) in [7, 11) is -4.07. The molecule has 6 nitrogen and oxygen atoms in total. The Morgan fingerprint density at radius 1 is 0.824 bits per heavy atom. The second-order valence-electron chi connectivity index (χ2n) is 7.96. The molecule has 3 aromatic carbocycles. The molecule has 0 saturated heterocycles. The van der Waals surface area contributed by atoms with Crippen LogP contribution in [0.15, 0.2) is 87.5 Å². The van der Waals surface area contributed by atoms with E-state index in [0.29, 0.717) is 42.2 Å². The normalized spacial score (nSPS) is 11.5. The lowest BCUT2D eigenvalue weighted by molar-refractivity contribution is 0.340. The summed E-state index contributed by atoms with van der Waals surface area (Å²) in [6.45, 7) is 7.04. The number of rotatable bonds is 8. The molecule has 0 spiro atoms. The molecule has 0 aliphatic heterocycles. The number of nitrogens with zero attached hydrogens (tertiary/aromatic N) is 1. The first-order valence-corrected chi connectivity index (χ1v) is 12.6. The molecule has 0 saturated carbocycles. The van der Waals surface area contributed by atoms with Crippen molar-refractivity contribution in [2.24, 2.45) is 0 Å². The van der Waals surface area contributed by atoms with Crippen LogP contribution < -0.4 is 14.9 Å². The SMILES string of the molecule is CCOc1ccc(S(=O)(=O)c2cn(Cc3ccc(C)cc3)c3ccc(OCC)cc3c2=O)cc1. The molecule has 0 aliphatic rings. The number of benzene rings is 3. The highest BCUT2D eigenvalue weighted by atomic mass is 32.2. The van der Waals surface area contributed by atoms with Crippen molar-refractivity contribution >= 4 is 20.7 Å². The van der Waals surface area contributed by atoms with Gasteiger partial charge >= 0.3 is 0 Å². The molecular weight excluding hydrogens is 450 g/mol. The van der Waals surface area contributed by atoms with E-state index < -0.39 is 15.3 Å². The van der Waals surface area contributed by atoms with Crippen LogP contribution >= 0.6 is 0 Å². The summed E-state index contributed by atoms with van der Waals surface area (Å²) in [6, 6.07) is 19.3. The van der Waals surface area contributed by atoms with Crippen LogP contribution in [0.4, 0.5) is 0 Å². The van der Waals surface area contributed by atoms with E-state index in [0.717, 1.165) is 11.1 Å². The fraction of sp³-hybridized carbons (Fsp3) is 0.222. The number of hydrogen-bond donors (Lipinski definition) is 0. The lowest BCUT2D eigenvalue weighted by Crippen LogP contribution is -2.20. The Morgan fingerprint density at radius 2 is 1.44 bits per heavy atom. The van der Waals surface area contributed by atoms with E-state index in [1.54, 1.807) is 34.9 Å². The highest BCUT2D eigenvalue weighted by Crippen LogP contribution is 2.26. The third-order valence-electron chi connectivity index (χ3n) is 5.54. The van der Waals surface area contributed by atoms with Gasteiger partial charge in [-0.2, -0.15) is 0 Å². The minimum atomic E-state index is -4.07. The molecule has 4 rings (SSSR count). The van der Waals surface area contributed by atoms with Gasteiger partial charge in [0.15, 0.2) is 0 Å². The average Bonchev–Trinajstić information content (AvgIpc) is 2.83. The molecule has 0 N–H and O–H groups in total. The summed E-state index contributed by atoms with van der Waals surface area (Å²) in [5, 5.41) is 0.296. The quantitative estimate of drug-likeness (QED) is 0.357. The van der Waals surface area contributed by atoms with Gasteiger partial charge in [-0.1, -0.05) is 29.8 Å². The standard InChI is InChI=1S/C27H27NO5S/c1-4-32-21-10-13-23(14-11-21)34(30,31)26-18-28(17-20-8-6-19(3)7-9-20)25-15-12-22(33-5-2)16-24(25)27(26)29/h6-16,18H,4-5,17H2,1-3H3. The lowest BCUT2D eigenvalue weighted by Gasteiger charge is -2.15. The third kappa shape index (κ3) is 4.70. The summed E-state index contributed by atoms with van der Waals surface area (Å²) >= 11 is 0. The van der Waals surface area contributed by atoms with Gasteiger partial charge in [-0.3, -0.25) is 4.79 Å². The first kappa shape index (κ1) is 23.6. The second kappa shape index (κ2) is 9.73. The number of aryl methyl sites for hydroxylation is 1. The van der Waals surface area contributed by atoms with Gasteiger partial charge in [-0.25, -0.2) is 8.42 Å². The molecule has 0 unspecified atom stereocenters. The summed E-state index contributed by atoms with van der Waals surface area (Å²) in [5.74, 6) is 1.09. The molecule has 0 radical (unpaired) electrons. The Morgan fingerprint density at radius 3 is 2.09 bits per heavy atom. The van der Waals surface area contributed by atoms with Gasteiger partial charge < -0.3 is 14.0 Å². The fourth-order valence-corrected chi connectivity index (χ4v) is 5.20. The van der Waals surface area contributed by atoms with Gasteiger partial charge in [-0.15, -0.1) is 0 Å². The Kier molecular flexibility index (Phi) is 6.75. The van der Waals surface area contributed by atoms with Gasteiger partial charge in [0.2, 0.25) is 15.3 Å². The van der Waals surface area contributed by atoms with Crippen molar-refractivity contribution in [2.45, 2.75) is 37.1 Å². The molecular formula is C27H27NO5S. The Hall–Kier alpha value is -3.58. The molecule has 0 amide bonds. The zero-order chi connectivity index (χ0) is 24.3. The predicted octanol–water partition coefficient (Wildman–Crippen LogP) is 4.99. The Bertz CT molecular complexity index is 1470. The monoisotopic (exact) mass is 477 g/mol. The average molecular weight is 478 g/mol. The largest absolute Gasteiger partial charge is 0.494 e.